The zero-order chi connectivity index (χ0) is 19.4. The predicted octanol–water partition coefficient (Wildman–Crippen LogP) is 3.15. The maximum absolute atomic E-state index is 12.0. The van der Waals surface area contributed by atoms with Crippen molar-refractivity contribution in [1.29, 1.82) is 0 Å². The highest BCUT2D eigenvalue weighted by atomic mass is 16.4. The van der Waals surface area contributed by atoms with Gasteiger partial charge in [0, 0.05) is 32.2 Å². The fourth-order valence-electron chi connectivity index (χ4n) is 2.78. The quantitative estimate of drug-likeness (QED) is 0.356. The molecular weight excluding hydrogens is 330 g/mol. The molecule has 1 saturated heterocycles. The number of aliphatic carboxylic acids is 1. The van der Waals surface area contributed by atoms with E-state index in [4.69, 9.17) is 5.11 Å². The number of allylic oxidation sites excluding steroid dienone is 1. The minimum atomic E-state index is -0.785. The number of aliphatic hydroxyl groups excluding tert-OH is 1. The summed E-state index contributed by atoms with van der Waals surface area (Å²) in [6.45, 7) is 4.49. The summed E-state index contributed by atoms with van der Waals surface area (Å²) in [7, 11) is 0. The minimum Gasteiger partial charge on any atom is -0.481 e. The highest BCUT2D eigenvalue weighted by molar-refractivity contribution is 5.79. The molecule has 0 unspecified atom stereocenters. The molecule has 1 aliphatic heterocycles. The van der Waals surface area contributed by atoms with Crippen molar-refractivity contribution in [3.63, 3.8) is 0 Å². The second-order valence-electron chi connectivity index (χ2n) is 6.67. The number of unbranched alkanes of at least 4 members (excludes halogenated alkanes) is 1. The maximum Gasteiger partial charge on any atom is 0.303 e. The Morgan fingerprint density at radius 1 is 1.38 bits per heavy atom. The first-order chi connectivity index (χ1) is 12.5. The number of carbonyl (C=O) groups is 2. The third-order valence-corrected chi connectivity index (χ3v) is 4.44. The van der Waals surface area contributed by atoms with Crippen LogP contribution >= 0.6 is 0 Å². The standard InChI is InChI=1S/C21H31NO4/c1-3-4-7-10-17(2)19(23)14-12-18-13-15-20(24)22(18)16-9-6-5-8-11-21(25)26/h6,9,12,14,17-19,23H,3,5,8,10-11,13,15-16H2,1-2H3,(H,25,26)/b9-6-,14-12+/t17-,18-,19+/m0/s1. The molecule has 1 rings (SSSR count). The molecule has 144 valence electrons. The van der Waals surface area contributed by atoms with Crippen LogP contribution in [0.15, 0.2) is 24.3 Å². The van der Waals surface area contributed by atoms with E-state index in [0.717, 1.165) is 12.8 Å². The molecule has 1 amide bonds. The van der Waals surface area contributed by atoms with Crippen molar-refractivity contribution in [3.8, 4) is 11.8 Å². The Hall–Kier alpha value is -2.06. The smallest absolute Gasteiger partial charge is 0.303 e. The zero-order valence-corrected chi connectivity index (χ0v) is 15.9. The minimum absolute atomic E-state index is 0.00902. The molecule has 5 nitrogen and oxygen atoms in total. The van der Waals surface area contributed by atoms with Crippen LogP contribution in [0.25, 0.3) is 0 Å². The molecule has 3 atom stereocenters. The topological polar surface area (TPSA) is 77.8 Å². The van der Waals surface area contributed by atoms with Gasteiger partial charge < -0.3 is 15.1 Å². The monoisotopic (exact) mass is 361 g/mol. The number of carboxylic acid groups (broad SMARTS) is 1. The number of rotatable bonds is 10. The third-order valence-electron chi connectivity index (χ3n) is 4.44. The summed E-state index contributed by atoms with van der Waals surface area (Å²) in [5.41, 5.74) is 0. The van der Waals surface area contributed by atoms with Crippen LogP contribution in [-0.4, -0.2) is 45.7 Å². The average molecular weight is 361 g/mol. The SMILES string of the molecule is CCC#CC[C@H](C)[C@H](O)/C=C/[C@H]1CCC(=O)N1C/C=C\CCCC(=O)O. The molecule has 0 radical (unpaired) electrons. The van der Waals surface area contributed by atoms with Crippen LogP contribution in [0, 0.1) is 17.8 Å². The van der Waals surface area contributed by atoms with Gasteiger partial charge in [-0.15, -0.1) is 11.8 Å². The summed E-state index contributed by atoms with van der Waals surface area (Å²) in [6.07, 6.45) is 11.2. The predicted molar refractivity (Wildman–Crippen MR) is 102 cm³/mol. The maximum atomic E-state index is 12.0. The Kier molecular flexibility index (Phi) is 10.4. The third kappa shape index (κ3) is 8.35. The summed E-state index contributed by atoms with van der Waals surface area (Å²) < 4.78 is 0. The Morgan fingerprint density at radius 3 is 2.85 bits per heavy atom. The molecule has 0 aliphatic carbocycles. The number of hydrogen-bond acceptors (Lipinski definition) is 3. The lowest BCUT2D eigenvalue weighted by Gasteiger charge is -2.21. The van der Waals surface area contributed by atoms with E-state index in [1.165, 1.54) is 0 Å². The number of aliphatic hydroxyl groups is 1. The van der Waals surface area contributed by atoms with Crippen molar-refractivity contribution < 1.29 is 19.8 Å². The van der Waals surface area contributed by atoms with Crippen LogP contribution < -0.4 is 0 Å². The van der Waals surface area contributed by atoms with E-state index in [1.54, 1.807) is 11.0 Å². The Bertz CT molecular complexity index is 570. The fourth-order valence-corrected chi connectivity index (χ4v) is 2.78. The normalized spacial score (nSPS) is 19.7. The van der Waals surface area contributed by atoms with Crippen molar-refractivity contribution in [2.45, 2.75) is 70.9 Å². The van der Waals surface area contributed by atoms with Gasteiger partial charge in [0.05, 0.1) is 12.1 Å². The van der Waals surface area contributed by atoms with Crippen LogP contribution in [0.3, 0.4) is 0 Å². The Balaban J connectivity index is 2.47. The van der Waals surface area contributed by atoms with Crippen molar-refractivity contribution in [3.05, 3.63) is 24.3 Å². The van der Waals surface area contributed by atoms with Gasteiger partial charge in [-0.1, -0.05) is 38.2 Å². The first-order valence-corrected chi connectivity index (χ1v) is 9.44. The van der Waals surface area contributed by atoms with Gasteiger partial charge in [-0.3, -0.25) is 9.59 Å². The number of amides is 1. The number of carboxylic acids is 1. The fraction of sp³-hybridized carbons (Fsp3) is 0.619. The van der Waals surface area contributed by atoms with Gasteiger partial charge in [-0.2, -0.15) is 0 Å². The van der Waals surface area contributed by atoms with Gasteiger partial charge in [-0.05, 0) is 25.2 Å². The lowest BCUT2D eigenvalue weighted by Crippen LogP contribution is -2.32. The van der Waals surface area contributed by atoms with Crippen LogP contribution in [-0.2, 0) is 9.59 Å². The van der Waals surface area contributed by atoms with Gasteiger partial charge in [0.15, 0.2) is 0 Å². The van der Waals surface area contributed by atoms with Gasteiger partial charge in [0.1, 0.15) is 0 Å². The summed E-state index contributed by atoms with van der Waals surface area (Å²) in [6, 6.07) is 0.00902. The molecule has 1 aliphatic rings. The van der Waals surface area contributed by atoms with Gasteiger partial charge >= 0.3 is 5.97 Å². The van der Waals surface area contributed by atoms with E-state index in [2.05, 4.69) is 11.8 Å². The molecule has 0 spiro atoms. The van der Waals surface area contributed by atoms with Gasteiger partial charge in [-0.25, -0.2) is 0 Å². The molecule has 0 saturated carbocycles. The van der Waals surface area contributed by atoms with Gasteiger partial charge in [0.25, 0.3) is 0 Å². The van der Waals surface area contributed by atoms with Crippen molar-refractivity contribution in [2.24, 2.45) is 5.92 Å². The van der Waals surface area contributed by atoms with E-state index >= 15 is 0 Å². The Morgan fingerprint density at radius 2 is 2.15 bits per heavy atom. The van der Waals surface area contributed by atoms with Crippen LogP contribution in [0.5, 0.6) is 0 Å². The van der Waals surface area contributed by atoms with E-state index < -0.39 is 12.1 Å². The van der Waals surface area contributed by atoms with Crippen molar-refractivity contribution in [2.75, 3.05) is 6.54 Å². The first-order valence-electron chi connectivity index (χ1n) is 9.44. The summed E-state index contributed by atoms with van der Waals surface area (Å²) >= 11 is 0. The highest BCUT2D eigenvalue weighted by Crippen LogP contribution is 2.20. The number of carbonyl (C=O) groups excluding carboxylic acids is 1. The molecular formula is C21H31NO4. The molecule has 0 aromatic heterocycles. The van der Waals surface area contributed by atoms with E-state index in [1.807, 2.05) is 32.1 Å². The van der Waals surface area contributed by atoms with Crippen LogP contribution in [0.2, 0.25) is 0 Å². The molecule has 0 aromatic rings. The lowest BCUT2D eigenvalue weighted by molar-refractivity contribution is -0.137. The lowest BCUT2D eigenvalue weighted by atomic mass is 10.00. The second kappa shape index (κ2) is 12.3. The molecule has 5 heteroatoms. The largest absolute Gasteiger partial charge is 0.481 e. The molecule has 0 bridgehead atoms. The Labute approximate surface area is 156 Å². The molecule has 2 N–H and O–H groups in total. The van der Waals surface area contributed by atoms with Crippen molar-refractivity contribution in [1.82, 2.24) is 4.90 Å². The summed E-state index contributed by atoms with van der Waals surface area (Å²) in [5.74, 6) is 5.46. The molecule has 26 heavy (non-hydrogen) atoms. The van der Waals surface area contributed by atoms with E-state index in [-0.39, 0.29) is 24.3 Å². The van der Waals surface area contributed by atoms with Gasteiger partial charge in [0.2, 0.25) is 5.91 Å². The molecule has 0 aromatic carbocycles. The summed E-state index contributed by atoms with van der Waals surface area (Å²) in [5, 5.41) is 18.8. The molecule has 1 fully saturated rings. The highest BCUT2D eigenvalue weighted by Gasteiger charge is 2.28. The van der Waals surface area contributed by atoms with Crippen LogP contribution in [0.4, 0.5) is 0 Å². The number of nitrogens with zero attached hydrogens (tertiary/aromatic N) is 1. The number of likely N-dealkylation sites (tertiary alicyclic amines) is 1. The van der Waals surface area contributed by atoms with Crippen molar-refractivity contribution >= 4 is 11.9 Å². The van der Waals surface area contributed by atoms with E-state index in [0.29, 0.717) is 32.2 Å². The van der Waals surface area contributed by atoms with Crippen LogP contribution in [0.1, 0.15) is 58.8 Å². The molecule has 1 heterocycles. The van der Waals surface area contributed by atoms with E-state index in [9.17, 15) is 14.7 Å². The first kappa shape index (κ1) is 22.0. The summed E-state index contributed by atoms with van der Waals surface area (Å²) in [4.78, 5) is 24.3. The zero-order valence-electron chi connectivity index (χ0n) is 15.9. The second-order valence-corrected chi connectivity index (χ2v) is 6.67. The average Bonchev–Trinajstić information content (AvgIpc) is 2.95. The number of hydrogen-bond donors (Lipinski definition) is 2.